The molecule has 2 nitrogen and oxygen atoms in total. The Bertz CT molecular complexity index is 1170. The van der Waals surface area contributed by atoms with Crippen LogP contribution in [0.3, 0.4) is 0 Å². The van der Waals surface area contributed by atoms with Crippen molar-refractivity contribution in [2.75, 3.05) is 12.8 Å². The molecule has 0 unspecified atom stereocenters. The summed E-state index contributed by atoms with van der Waals surface area (Å²) >= 11 is 1.71. The highest BCUT2D eigenvalue weighted by Crippen LogP contribution is 2.26. The average molecular weight is 420 g/mol. The number of fused-ring (bicyclic) bond motifs is 1. The van der Waals surface area contributed by atoms with E-state index in [1.165, 1.54) is 16.5 Å². The van der Waals surface area contributed by atoms with E-state index < -0.39 is 0 Å². The van der Waals surface area contributed by atoms with E-state index in [0.717, 1.165) is 40.2 Å². The second-order valence-corrected chi connectivity index (χ2v) is 8.73. The number of hydrogen-bond acceptors (Lipinski definition) is 3. The zero-order valence-corrected chi connectivity index (χ0v) is 18.4. The molecule has 0 aliphatic carbocycles. The predicted octanol–water partition coefficient (Wildman–Crippen LogP) is 5.72. The van der Waals surface area contributed by atoms with Crippen LogP contribution in [-0.4, -0.2) is 12.8 Å². The maximum atomic E-state index is 14.5. The molecule has 30 heavy (non-hydrogen) atoms. The molecule has 154 valence electrons. The van der Waals surface area contributed by atoms with Gasteiger partial charge in [0, 0.05) is 23.1 Å². The summed E-state index contributed by atoms with van der Waals surface area (Å²) in [6.45, 7) is 5.52. The Hall–Kier alpha value is -2.59. The summed E-state index contributed by atoms with van der Waals surface area (Å²) in [5, 5.41) is 2.10. The van der Waals surface area contributed by atoms with E-state index in [-0.39, 0.29) is 5.82 Å². The van der Waals surface area contributed by atoms with E-state index in [0.29, 0.717) is 18.3 Å². The standard InChI is InChI=1S/C26H26FNOS/c1-17(2)20-11-19-5-4-10-28-26(19)25(14-20)21-12-22(27)15-23(13-21)29-16-18-6-8-24(30-3)9-7-18/h5-9,11-15,17H,4,10,16H2,1-3H3. The molecule has 1 heterocycles. The molecule has 0 saturated heterocycles. The Labute approximate surface area is 181 Å². The SMILES string of the molecule is CSc1ccc(COc2cc(F)cc(-c3cc(C(C)C)cc4c3=NCCC=4)c2)cc1. The molecular weight excluding hydrogens is 393 g/mol. The Morgan fingerprint density at radius 2 is 1.87 bits per heavy atom. The predicted molar refractivity (Wildman–Crippen MR) is 123 cm³/mol. The molecule has 0 aromatic heterocycles. The molecule has 0 N–H and O–H groups in total. The van der Waals surface area contributed by atoms with E-state index in [4.69, 9.17) is 9.73 Å². The van der Waals surface area contributed by atoms with Crippen molar-refractivity contribution in [1.82, 2.24) is 0 Å². The van der Waals surface area contributed by atoms with Gasteiger partial charge in [-0.15, -0.1) is 11.8 Å². The lowest BCUT2D eigenvalue weighted by Crippen LogP contribution is -2.31. The third-order valence-electron chi connectivity index (χ3n) is 5.34. The minimum absolute atomic E-state index is 0.302. The minimum Gasteiger partial charge on any atom is -0.489 e. The first kappa shape index (κ1) is 20.7. The van der Waals surface area contributed by atoms with Gasteiger partial charge in [0.1, 0.15) is 18.2 Å². The molecule has 4 heteroatoms. The molecular formula is C26H26FNOS. The lowest BCUT2D eigenvalue weighted by molar-refractivity contribution is 0.304. The Balaban J connectivity index is 1.69. The summed E-state index contributed by atoms with van der Waals surface area (Å²) in [6, 6.07) is 17.5. The highest BCUT2D eigenvalue weighted by atomic mass is 32.2. The molecule has 1 aliphatic heterocycles. The first-order valence-corrected chi connectivity index (χ1v) is 11.5. The molecule has 0 bridgehead atoms. The molecule has 4 rings (SSSR count). The summed E-state index contributed by atoms with van der Waals surface area (Å²) in [7, 11) is 0. The Morgan fingerprint density at radius 1 is 1.07 bits per heavy atom. The maximum Gasteiger partial charge on any atom is 0.127 e. The van der Waals surface area contributed by atoms with Gasteiger partial charge in [-0.2, -0.15) is 0 Å². The first-order chi connectivity index (χ1) is 14.5. The zero-order chi connectivity index (χ0) is 21.1. The molecule has 1 aliphatic rings. The second-order valence-electron chi connectivity index (χ2n) is 7.85. The number of thioether (sulfide) groups is 1. The fourth-order valence-corrected chi connectivity index (χ4v) is 4.06. The third-order valence-corrected chi connectivity index (χ3v) is 6.08. The Morgan fingerprint density at radius 3 is 2.60 bits per heavy atom. The normalized spacial score (nSPS) is 12.8. The van der Waals surface area contributed by atoms with Crippen molar-refractivity contribution in [3.05, 3.63) is 82.1 Å². The van der Waals surface area contributed by atoms with Crippen LogP contribution in [-0.2, 0) is 6.61 Å². The molecule has 0 spiro atoms. The fraction of sp³-hybridized carbons (Fsp3) is 0.269. The van der Waals surface area contributed by atoms with Crippen molar-refractivity contribution in [2.24, 2.45) is 4.99 Å². The van der Waals surface area contributed by atoms with Gasteiger partial charge >= 0.3 is 0 Å². The molecule has 0 fully saturated rings. The molecule has 0 radical (unpaired) electrons. The van der Waals surface area contributed by atoms with Gasteiger partial charge in [-0.1, -0.05) is 32.1 Å². The van der Waals surface area contributed by atoms with Gasteiger partial charge in [-0.25, -0.2) is 4.39 Å². The fourth-order valence-electron chi connectivity index (χ4n) is 3.65. The zero-order valence-electron chi connectivity index (χ0n) is 17.6. The van der Waals surface area contributed by atoms with E-state index in [1.807, 2.05) is 18.2 Å². The average Bonchev–Trinajstić information content (AvgIpc) is 2.76. The Kier molecular flexibility index (Phi) is 6.24. The van der Waals surface area contributed by atoms with Gasteiger partial charge in [0.25, 0.3) is 0 Å². The summed E-state index contributed by atoms with van der Waals surface area (Å²) in [6.07, 6.45) is 5.23. The molecule has 3 aromatic carbocycles. The highest BCUT2D eigenvalue weighted by Gasteiger charge is 2.12. The van der Waals surface area contributed by atoms with Gasteiger partial charge in [0.05, 0.1) is 5.36 Å². The quantitative estimate of drug-likeness (QED) is 0.477. The molecule has 0 saturated carbocycles. The van der Waals surface area contributed by atoms with E-state index in [2.05, 4.69) is 50.4 Å². The monoisotopic (exact) mass is 419 g/mol. The van der Waals surface area contributed by atoms with Crippen LogP contribution in [0.4, 0.5) is 4.39 Å². The van der Waals surface area contributed by atoms with Crippen LogP contribution in [0.25, 0.3) is 17.2 Å². The van der Waals surface area contributed by atoms with E-state index in [9.17, 15) is 4.39 Å². The number of halogens is 1. The van der Waals surface area contributed by atoms with Crippen LogP contribution in [0, 0.1) is 5.82 Å². The van der Waals surface area contributed by atoms with Gasteiger partial charge in [-0.3, -0.25) is 4.99 Å². The number of hydrogen-bond donors (Lipinski definition) is 0. The summed E-state index contributed by atoms with van der Waals surface area (Å²) in [4.78, 5) is 5.95. The van der Waals surface area contributed by atoms with Gasteiger partial charge in [0.2, 0.25) is 0 Å². The second kappa shape index (κ2) is 9.05. The van der Waals surface area contributed by atoms with Gasteiger partial charge in [-0.05, 0) is 76.9 Å². The number of rotatable bonds is 6. The van der Waals surface area contributed by atoms with Gasteiger partial charge < -0.3 is 4.74 Å². The van der Waals surface area contributed by atoms with Crippen LogP contribution in [0.1, 0.15) is 37.3 Å². The summed E-state index contributed by atoms with van der Waals surface area (Å²) in [5.41, 5.74) is 4.07. The number of ether oxygens (including phenoxy) is 1. The van der Waals surface area contributed by atoms with E-state index in [1.54, 1.807) is 17.8 Å². The largest absolute Gasteiger partial charge is 0.489 e. The number of nitrogens with zero attached hydrogens (tertiary/aromatic N) is 1. The van der Waals surface area contributed by atoms with Gasteiger partial charge in [0.15, 0.2) is 0 Å². The lowest BCUT2D eigenvalue weighted by Gasteiger charge is -2.14. The van der Waals surface area contributed by atoms with Crippen LogP contribution >= 0.6 is 11.8 Å². The van der Waals surface area contributed by atoms with Crippen LogP contribution in [0.2, 0.25) is 0 Å². The first-order valence-electron chi connectivity index (χ1n) is 10.3. The van der Waals surface area contributed by atoms with Crippen molar-refractivity contribution >= 4 is 17.8 Å². The molecule has 0 amide bonds. The maximum absolute atomic E-state index is 14.5. The van der Waals surface area contributed by atoms with Crippen molar-refractivity contribution in [1.29, 1.82) is 0 Å². The lowest BCUT2D eigenvalue weighted by atomic mass is 9.94. The van der Waals surface area contributed by atoms with Crippen LogP contribution < -0.4 is 15.3 Å². The molecule has 0 atom stereocenters. The van der Waals surface area contributed by atoms with Crippen molar-refractivity contribution in [3.63, 3.8) is 0 Å². The number of benzene rings is 3. The van der Waals surface area contributed by atoms with Crippen molar-refractivity contribution in [2.45, 2.75) is 37.7 Å². The third kappa shape index (κ3) is 4.59. The smallest absolute Gasteiger partial charge is 0.127 e. The molecule has 3 aromatic rings. The van der Waals surface area contributed by atoms with E-state index >= 15 is 0 Å². The van der Waals surface area contributed by atoms with Crippen molar-refractivity contribution < 1.29 is 9.13 Å². The summed E-state index contributed by atoms with van der Waals surface area (Å²) < 4.78 is 20.5. The van der Waals surface area contributed by atoms with Crippen molar-refractivity contribution in [3.8, 4) is 16.9 Å². The highest BCUT2D eigenvalue weighted by molar-refractivity contribution is 7.98. The van der Waals surface area contributed by atoms with Crippen LogP contribution in [0.15, 0.2) is 64.5 Å². The minimum atomic E-state index is -0.302. The topological polar surface area (TPSA) is 21.6 Å². The van der Waals surface area contributed by atoms with Crippen LogP contribution in [0.5, 0.6) is 5.75 Å². The summed E-state index contributed by atoms with van der Waals surface area (Å²) in [5.74, 6) is 0.615.